The number of carbonyl (C=O) groups excluding carboxylic acids is 3. The number of hydrogen-bond donors (Lipinski definition) is 4. The van der Waals surface area contributed by atoms with E-state index < -0.39 is 51.1 Å². The van der Waals surface area contributed by atoms with E-state index in [4.69, 9.17) is 10.5 Å². The molecular weight excluding hydrogens is 932 g/mol. The third-order valence-corrected chi connectivity index (χ3v) is 13.6. The smallest absolute Gasteiger partial charge is 0.355 e. The van der Waals surface area contributed by atoms with Crippen LogP contribution < -0.4 is 25.8 Å². The number of nitrogens with zero attached hydrogens (tertiary/aromatic N) is 5. The van der Waals surface area contributed by atoms with Crippen LogP contribution in [0, 0.1) is 30.0 Å². The van der Waals surface area contributed by atoms with Gasteiger partial charge in [-0.25, -0.2) is 22.8 Å². The van der Waals surface area contributed by atoms with Crippen molar-refractivity contribution in [2.24, 2.45) is 12.5 Å². The molecule has 0 spiro atoms. The van der Waals surface area contributed by atoms with E-state index in [-0.39, 0.29) is 41.9 Å². The predicted molar refractivity (Wildman–Crippen MR) is 259 cm³/mol. The van der Waals surface area contributed by atoms with Crippen LogP contribution in [0.2, 0.25) is 0 Å². The van der Waals surface area contributed by atoms with E-state index in [0.717, 1.165) is 21.7 Å². The first-order valence-corrected chi connectivity index (χ1v) is 24.5. The maximum atomic E-state index is 14.1. The van der Waals surface area contributed by atoms with Crippen LogP contribution in [-0.4, -0.2) is 75.2 Å². The molecule has 3 aromatic heterocycles. The average molecular weight is 984 g/mol. The topological polar surface area (TPSA) is 204 Å². The molecule has 0 bridgehead atoms. The number of ether oxygens (including phenoxy) is 1. The molecule has 0 aliphatic carbocycles. The quantitative estimate of drug-likeness (QED) is 0.0734. The molecule has 5 N–H and O–H groups in total. The molecule has 1 aliphatic rings. The summed E-state index contributed by atoms with van der Waals surface area (Å²) in [5.41, 5.74) is 12.3. The van der Waals surface area contributed by atoms with Crippen molar-refractivity contribution in [3.63, 3.8) is 0 Å². The Hall–Kier alpha value is -6.98. The highest BCUT2D eigenvalue weighted by Gasteiger charge is 2.42. The summed E-state index contributed by atoms with van der Waals surface area (Å²) >= 11 is 1.57. The number of nitrogens with one attached hydrogen (secondary N) is 3. The Bertz CT molecular complexity index is 3050. The summed E-state index contributed by atoms with van der Waals surface area (Å²) in [6.45, 7) is 9.82. The lowest BCUT2D eigenvalue weighted by Gasteiger charge is -2.35. The van der Waals surface area contributed by atoms with E-state index in [1.165, 1.54) is 53.3 Å². The molecule has 3 atom stereocenters. The molecule has 3 amide bonds. The van der Waals surface area contributed by atoms with Crippen LogP contribution in [0.4, 0.5) is 24.7 Å². The van der Waals surface area contributed by atoms with Gasteiger partial charge in [-0.15, -0.1) is 11.3 Å². The van der Waals surface area contributed by atoms with Gasteiger partial charge in [0, 0.05) is 44.7 Å². The van der Waals surface area contributed by atoms with Crippen LogP contribution in [0.5, 0.6) is 5.75 Å². The monoisotopic (exact) mass is 983 g/mol. The summed E-state index contributed by atoms with van der Waals surface area (Å²) in [6, 6.07) is 15.9. The van der Waals surface area contributed by atoms with Gasteiger partial charge in [-0.05, 0) is 73.1 Å². The molecule has 6 aromatic rings. The number of rotatable bonds is 15. The molecule has 362 valence electrons. The number of aryl methyl sites for hydroxylation is 2. The SMILES string of the molecule is Cc1ncsc1-c1ccc(CNC(=O)[C@@H]2CCCN2C(=O)[C@@H](NC(=O)CCC#Cc2cnc(N)c3c(-c4ccc(NS(=O)(=O)C(F)F)c(O[C@@H](C)c5ccc(F)cc5)c4)nn(C)c23)C(C)(C)C)cc1. The fraction of sp³-hybridized carbons (Fsp3) is 0.347. The van der Waals surface area contributed by atoms with E-state index in [0.29, 0.717) is 59.2 Å². The minimum absolute atomic E-state index is 0.0406. The van der Waals surface area contributed by atoms with Crippen molar-refractivity contribution in [1.82, 2.24) is 35.3 Å². The van der Waals surface area contributed by atoms with Crippen molar-refractivity contribution in [1.29, 1.82) is 0 Å². The highest BCUT2D eigenvalue weighted by molar-refractivity contribution is 7.93. The van der Waals surface area contributed by atoms with E-state index in [9.17, 15) is 36.0 Å². The first-order valence-electron chi connectivity index (χ1n) is 22.0. The fourth-order valence-electron chi connectivity index (χ4n) is 8.01. The number of sulfonamides is 1. The van der Waals surface area contributed by atoms with E-state index in [1.807, 2.05) is 62.2 Å². The van der Waals surface area contributed by atoms with Crippen LogP contribution >= 0.6 is 11.3 Å². The van der Waals surface area contributed by atoms with Crippen LogP contribution in [0.15, 0.2) is 78.4 Å². The van der Waals surface area contributed by atoms with E-state index >= 15 is 0 Å². The maximum absolute atomic E-state index is 14.1. The number of aromatic nitrogens is 4. The van der Waals surface area contributed by atoms with E-state index in [2.05, 4.69) is 37.5 Å². The molecule has 0 radical (unpaired) electrons. The van der Waals surface area contributed by atoms with Crippen molar-refractivity contribution < 1.29 is 40.7 Å². The molecular formula is C49H52F3N9O6S2. The number of hydrogen-bond acceptors (Lipinski definition) is 11. The van der Waals surface area contributed by atoms with Gasteiger partial charge in [0.15, 0.2) is 0 Å². The van der Waals surface area contributed by atoms with Crippen LogP contribution in [0.1, 0.15) is 81.9 Å². The lowest BCUT2D eigenvalue weighted by Crippen LogP contribution is -2.57. The van der Waals surface area contributed by atoms with Gasteiger partial charge in [-0.3, -0.25) is 23.8 Å². The molecule has 7 rings (SSSR count). The Kier molecular flexibility index (Phi) is 15.0. The molecule has 3 aromatic carbocycles. The average Bonchev–Trinajstić information content (AvgIpc) is 4.06. The van der Waals surface area contributed by atoms with Crippen LogP contribution in [0.25, 0.3) is 32.6 Å². The first-order chi connectivity index (χ1) is 32.7. The highest BCUT2D eigenvalue weighted by atomic mass is 32.2. The number of nitrogen functional groups attached to an aromatic ring is 1. The molecule has 0 unspecified atom stereocenters. The van der Waals surface area contributed by atoms with Gasteiger partial charge in [0.1, 0.15) is 41.3 Å². The van der Waals surface area contributed by atoms with Gasteiger partial charge in [0.2, 0.25) is 17.7 Å². The lowest BCUT2D eigenvalue weighted by atomic mass is 9.85. The summed E-state index contributed by atoms with van der Waals surface area (Å²) in [7, 11) is -3.43. The Morgan fingerprint density at radius 2 is 1.74 bits per heavy atom. The predicted octanol–water partition coefficient (Wildman–Crippen LogP) is 7.86. The minimum Gasteiger partial charge on any atom is -0.484 e. The number of nitrogens with two attached hydrogens (primary N) is 1. The Morgan fingerprint density at radius 1 is 1.03 bits per heavy atom. The Morgan fingerprint density at radius 3 is 2.41 bits per heavy atom. The highest BCUT2D eigenvalue weighted by Crippen LogP contribution is 2.39. The molecule has 1 fully saturated rings. The lowest BCUT2D eigenvalue weighted by molar-refractivity contribution is -0.143. The number of anilines is 2. The van der Waals surface area contributed by atoms with Gasteiger partial charge in [-0.2, -0.15) is 13.9 Å². The third kappa shape index (κ3) is 11.5. The largest absolute Gasteiger partial charge is 0.484 e. The number of fused-ring (bicyclic) bond motifs is 1. The zero-order valence-corrected chi connectivity index (χ0v) is 40.4. The molecule has 4 heterocycles. The fourth-order valence-corrected chi connectivity index (χ4v) is 9.39. The summed E-state index contributed by atoms with van der Waals surface area (Å²) in [5.74, 6) is 0.842. The number of halogens is 3. The van der Waals surface area contributed by atoms with E-state index in [1.54, 1.807) is 30.2 Å². The molecule has 1 aliphatic heterocycles. The van der Waals surface area contributed by atoms with Gasteiger partial charge in [0.05, 0.1) is 38.2 Å². The summed E-state index contributed by atoms with van der Waals surface area (Å²) < 4.78 is 74.5. The number of pyridine rings is 1. The number of thiazole rings is 1. The number of benzene rings is 3. The number of carbonyl (C=O) groups is 3. The summed E-state index contributed by atoms with van der Waals surface area (Å²) in [4.78, 5) is 52.4. The second-order valence-electron chi connectivity index (χ2n) is 17.7. The first kappa shape index (κ1) is 49.9. The van der Waals surface area contributed by atoms with Gasteiger partial charge < -0.3 is 26.0 Å². The van der Waals surface area contributed by atoms with Crippen molar-refractivity contribution in [3.05, 3.63) is 107 Å². The summed E-state index contributed by atoms with van der Waals surface area (Å²) in [6.07, 6.45) is 1.90. The summed E-state index contributed by atoms with van der Waals surface area (Å²) in [5, 5.41) is 11.0. The van der Waals surface area contributed by atoms with Crippen molar-refractivity contribution in [2.45, 2.75) is 90.8 Å². The molecule has 15 nitrogen and oxygen atoms in total. The van der Waals surface area contributed by atoms with Crippen LogP contribution in [0.3, 0.4) is 0 Å². The molecule has 69 heavy (non-hydrogen) atoms. The Balaban J connectivity index is 1.03. The van der Waals surface area contributed by atoms with Crippen LogP contribution in [-0.2, 0) is 38.0 Å². The van der Waals surface area contributed by atoms with Gasteiger partial charge >= 0.3 is 5.76 Å². The molecule has 1 saturated heterocycles. The van der Waals surface area contributed by atoms with Crippen molar-refractivity contribution in [2.75, 3.05) is 17.0 Å². The standard InChI is InChI=1S/C49H52F3N9O6S2/c1-28-43(68-27-56-28)32-15-13-30(14-16-32)25-55-46(63)37-11-9-23-61(37)47(64)44(49(3,4)5)57-39(62)12-8-7-10-34-26-54-45(53)40-41(58-60(6)42(34)40)33-19-22-36(59-69(65,66)48(51)52)38(24-33)67-29(2)31-17-20-35(50)21-18-31/h13-22,24,26-27,29,37,44,48,59H,8-9,11-12,23,25H2,1-6H3,(H2,53,54)(H,55,63)(H,57,62)/t29-,37-,44+/m0/s1. The maximum Gasteiger partial charge on any atom is 0.355 e. The third-order valence-electron chi connectivity index (χ3n) is 11.7. The number of alkyl halides is 2. The van der Waals surface area contributed by atoms with Crippen molar-refractivity contribution >= 4 is 61.5 Å². The van der Waals surface area contributed by atoms with Gasteiger partial charge in [0.25, 0.3) is 10.0 Å². The second kappa shape index (κ2) is 20.7. The van der Waals surface area contributed by atoms with Gasteiger partial charge in [-0.1, -0.05) is 75.1 Å². The Labute approximate surface area is 402 Å². The van der Waals surface area contributed by atoms with Crippen molar-refractivity contribution in [3.8, 4) is 39.3 Å². The zero-order chi connectivity index (χ0) is 49.8. The normalized spacial score (nSPS) is 14.8. The molecule has 20 heteroatoms. The second-order valence-corrected chi connectivity index (χ2v) is 20.2. The number of likely N-dealkylation sites (tertiary alicyclic amines) is 1. The minimum atomic E-state index is -5.09. The number of amides is 3. The zero-order valence-electron chi connectivity index (χ0n) is 38.8. The molecule has 0 saturated carbocycles.